The summed E-state index contributed by atoms with van der Waals surface area (Å²) in [5.41, 5.74) is 1.93. The molecule has 3 rings (SSSR count). The van der Waals surface area contributed by atoms with Gasteiger partial charge in [-0.2, -0.15) is 0 Å². The number of nitrogens with zero attached hydrogens (tertiary/aromatic N) is 1. The highest BCUT2D eigenvalue weighted by atomic mass is 35.5. The van der Waals surface area contributed by atoms with E-state index in [9.17, 15) is 19.2 Å². The number of rotatable bonds is 9. The minimum Gasteiger partial charge on any atom is -0.490 e. The molecule has 1 saturated heterocycles. The topological polar surface area (TPSA) is 111 Å². The Balaban J connectivity index is 1.77. The van der Waals surface area contributed by atoms with E-state index in [1.54, 1.807) is 25.1 Å². The molecule has 184 valence electrons. The molecular weight excluding hydrogens is 496 g/mol. The summed E-state index contributed by atoms with van der Waals surface area (Å²) in [7, 11) is 1.24. The van der Waals surface area contributed by atoms with Crippen molar-refractivity contribution in [1.82, 2.24) is 4.90 Å². The van der Waals surface area contributed by atoms with E-state index >= 15 is 0 Å². The number of methoxy groups -OCH3 is 1. The van der Waals surface area contributed by atoms with Gasteiger partial charge in [0.2, 0.25) is 5.91 Å². The molecule has 1 aliphatic heterocycles. The maximum atomic E-state index is 12.8. The van der Waals surface area contributed by atoms with Crippen LogP contribution in [-0.2, 0) is 19.1 Å². The van der Waals surface area contributed by atoms with E-state index in [0.717, 1.165) is 10.5 Å². The number of benzene rings is 2. The zero-order chi connectivity index (χ0) is 25.5. The van der Waals surface area contributed by atoms with E-state index < -0.39 is 29.6 Å². The lowest BCUT2D eigenvalue weighted by molar-refractivity contribution is -0.143. The number of hydrogen-bond acceptors (Lipinski definition) is 8. The Bertz CT molecular complexity index is 1200. The van der Waals surface area contributed by atoms with Crippen molar-refractivity contribution in [1.29, 1.82) is 0 Å². The fourth-order valence-electron chi connectivity index (χ4n) is 3.10. The van der Waals surface area contributed by atoms with Crippen molar-refractivity contribution >= 4 is 58.1 Å². The number of aryl methyl sites for hydroxylation is 1. The average Bonchev–Trinajstić information content (AvgIpc) is 3.07. The second-order valence-electron chi connectivity index (χ2n) is 7.26. The first-order chi connectivity index (χ1) is 16.7. The molecule has 1 N–H and O–H groups in total. The summed E-state index contributed by atoms with van der Waals surface area (Å²) in [5.74, 6) is -1.27. The smallest absolute Gasteiger partial charge is 0.343 e. The molecule has 1 heterocycles. The van der Waals surface area contributed by atoms with Gasteiger partial charge in [0.1, 0.15) is 6.54 Å². The Labute approximate surface area is 211 Å². The van der Waals surface area contributed by atoms with Gasteiger partial charge in [-0.1, -0.05) is 29.8 Å². The molecule has 1 fully saturated rings. The molecule has 1 aliphatic rings. The second-order valence-corrected chi connectivity index (χ2v) is 8.66. The van der Waals surface area contributed by atoms with Crippen LogP contribution in [0.2, 0.25) is 5.02 Å². The van der Waals surface area contributed by atoms with Gasteiger partial charge >= 0.3 is 5.97 Å². The van der Waals surface area contributed by atoms with E-state index in [1.165, 1.54) is 19.3 Å². The lowest BCUT2D eigenvalue weighted by Gasteiger charge is -2.14. The number of carbonyl (C=O) groups excluding carboxylic acids is 4. The fourth-order valence-corrected chi connectivity index (χ4v) is 4.21. The van der Waals surface area contributed by atoms with Gasteiger partial charge in [-0.15, -0.1) is 0 Å². The van der Waals surface area contributed by atoms with Crippen LogP contribution in [0, 0.1) is 6.92 Å². The van der Waals surface area contributed by atoms with Crippen LogP contribution in [0.5, 0.6) is 11.5 Å². The SMILES string of the molecule is CCOc1cc(/C=C2\SC(=O)N(CC(=O)Nc3ccccc3C)C2=O)cc(Cl)c1OCC(=O)OC. The van der Waals surface area contributed by atoms with Crippen LogP contribution >= 0.6 is 23.4 Å². The summed E-state index contributed by atoms with van der Waals surface area (Å²) in [6.45, 7) is 3.12. The number of thioether (sulfide) groups is 1. The highest BCUT2D eigenvalue weighted by molar-refractivity contribution is 8.18. The molecule has 0 saturated carbocycles. The molecule has 0 spiro atoms. The van der Waals surface area contributed by atoms with Crippen LogP contribution < -0.4 is 14.8 Å². The molecule has 0 atom stereocenters. The third-order valence-electron chi connectivity index (χ3n) is 4.79. The van der Waals surface area contributed by atoms with Crippen molar-refractivity contribution in [2.24, 2.45) is 0 Å². The van der Waals surface area contributed by atoms with Crippen molar-refractivity contribution in [3.05, 3.63) is 57.5 Å². The number of para-hydroxylation sites is 1. The summed E-state index contributed by atoms with van der Waals surface area (Å²) >= 11 is 7.04. The molecule has 0 aromatic heterocycles. The van der Waals surface area contributed by atoms with Gasteiger partial charge in [0.15, 0.2) is 18.1 Å². The quantitative estimate of drug-likeness (QED) is 0.387. The summed E-state index contributed by atoms with van der Waals surface area (Å²) in [6.07, 6.45) is 1.47. The summed E-state index contributed by atoms with van der Waals surface area (Å²) in [4.78, 5) is 50.1. The normalized spacial score (nSPS) is 14.3. The first kappa shape index (κ1) is 26.1. The molecule has 3 amide bonds. The van der Waals surface area contributed by atoms with Gasteiger partial charge in [-0.05, 0) is 61.0 Å². The first-order valence-corrected chi connectivity index (χ1v) is 11.7. The molecular formula is C24H23ClN2O7S. The van der Waals surface area contributed by atoms with Gasteiger partial charge < -0.3 is 19.5 Å². The molecule has 9 nitrogen and oxygen atoms in total. The first-order valence-electron chi connectivity index (χ1n) is 10.5. The summed E-state index contributed by atoms with van der Waals surface area (Å²) in [6, 6.07) is 10.3. The van der Waals surface area contributed by atoms with Crippen molar-refractivity contribution in [2.75, 3.05) is 32.2 Å². The predicted molar refractivity (Wildman–Crippen MR) is 133 cm³/mol. The standard InChI is InChI=1S/C24H23ClN2O7S/c1-4-33-18-10-15(9-16(25)22(18)34-13-21(29)32-3)11-19-23(30)27(24(31)35-19)12-20(28)26-17-8-6-5-7-14(17)2/h5-11H,4,12-13H2,1-3H3,(H,26,28)/b19-11-. The highest BCUT2D eigenvalue weighted by Crippen LogP contribution is 2.39. The van der Waals surface area contributed by atoms with Gasteiger partial charge in [0.05, 0.1) is 23.6 Å². The summed E-state index contributed by atoms with van der Waals surface area (Å²) < 4.78 is 15.5. The molecule has 2 aromatic carbocycles. The second kappa shape index (κ2) is 11.8. The number of amides is 3. The maximum Gasteiger partial charge on any atom is 0.343 e. The Morgan fingerprint density at radius 1 is 1.17 bits per heavy atom. The summed E-state index contributed by atoms with van der Waals surface area (Å²) in [5, 5.41) is 2.29. The zero-order valence-corrected chi connectivity index (χ0v) is 20.8. The maximum absolute atomic E-state index is 12.8. The Morgan fingerprint density at radius 3 is 2.60 bits per heavy atom. The zero-order valence-electron chi connectivity index (χ0n) is 19.3. The Hall–Kier alpha value is -3.50. The number of hydrogen-bond donors (Lipinski definition) is 1. The van der Waals surface area contributed by atoms with Gasteiger partial charge in [0, 0.05) is 5.69 Å². The molecule has 11 heteroatoms. The van der Waals surface area contributed by atoms with Crippen molar-refractivity contribution in [3.8, 4) is 11.5 Å². The molecule has 0 unspecified atom stereocenters. The van der Waals surface area contributed by atoms with Crippen LogP contribution in [-0.4, -0.2) is 54.8 Å². The van der Waals surface area contributed by atoms with Crippen LogP contribution in [0.1, 0.15) is 18.1 Å². The molecule has 0 aliphatic carbocycles. The van der Waals surface area contributed by atoms with Crippen molar-refractivity contribution in [2.45, 2.75) is 13.8 Å². The largest absolute Gasteiger partial charge is 0.490 e. The average molecular weight is 519 g/mol. The monoisotopic (exact) mass is 518 g/mol. The number of carbonyl (C=O) groups is 4. The highest BCUT2D eigenvalue weighted by Gasteiger charge is 2.36. The molecule has 0 bridgehead atoms. The lowest BCUT2D eigenvalue weighted by Crippen LogP contribution is -2.36. The van der Waals surface area contributed by atoms with E-state index in [1.807, 2.05) is 19.1 Å². The van der Waals surface area contributed by atoms with Crippen LogP contribution in [0.3, 0.4) is 0 Å². The molecule has 35 heavy (non-hydrogen) atoms. The number of halogens is 1. The third-order valence-corrected chi connectivity index (χ3v) is 5.97. The number of esters is 1. The predicted octanol–water partition coefficient (Wildman–Crippen LogP) is 4.27. The molecule has 0 radical (unpaired) electrons. The minimum atomic E-state index is -0.597. The van der Waals surface area contributed by atoms with Gasteiger partial charge in [-0.25, -0.2) is 4.79 Å². The number of nitrogens with one attached hydrogen (secondary N) is 1. The number of ether oxygens (including phenoxy) is 3. The van der Waals surface area contributed by atoms with Crippen LogP contribution in [0.15, 0.2) is 41.3 Å². The van der Waals surface area contributed by atoms with E-state index in [0.29, 0.717) is 29.6 Å². The van der Waals surface area contributed by atoms with Crippen molar-refractivity contribution in [3.63, 3.8) is 0 Å². The lowest BCUT2D eigenvalue weighted by atomic mass is 10.1. The van der Waals surface area contributed by atoms with Gasteiger partial charge in [-0.3, -0.25) is 19.3 Å². The Morgan fingerprint density at radius 2 is 1.91 bits per heavy atom. The number of imide groups is 1. The van der Waals surface area contributed by atoms with Gasteiger partial charge in [0.25, 0.3) is 11.1 Å². The van der Waals surface area contributed by atoms with E-state index in [2.05, 4.69) is 10.1 Å². The number of anilines is 1. The van der Waals surface area contributed by atoms with E-state index in [-0.39, 0.29) is 28.0 Å². The van der Waals surface area contributed by atoms with Crippen LogP contribution in [0.4, 0.5) is 10.5 Å². The third kappa shape index (κ3) is 6.55. The Kier molecular flexibility index (Phi) is 8.78. The van der Waals surface area contributed by atoms with E-state index in [4.69, 9.17) is 21.1 Å². The molecule has 2 aromatic rings. The minimum absolute atomic E-state index is 0.125. The fraction of sp³-hybridized carbons (Fsp3) is 0.250. The van der Waals surface area contributed by atoms with Crippen molar-refractivity contribution < 1.29 is 33.4 Å². The van der Waals surface area contributed by atoms with Crippen LogP contribution in [0.25, 0.3) is 6.08 Å².